The Hall–Kier alpha value is -2.12. The minimum Gasteiger partial charge on any atom is -0.481 e. The van der Waals surface area contributed by atoms with Crippen LogP contribution < -0.4 is 4.90 Å². The Bertz CT molecular complexity index is 585. The molecule has 0 aromatic heterocycles. The molecule has 0 aliphatic carbocycles. The fourth-order valence-electron chi connectivity index (χ4n) is 2.18. The molecule has 1 N–H and O–H groups in total. The van der Waals surface area contributed by atoms with Crippen LogP contribution in [0, 0.1) is 11.7 Å². The molecule has 2 rings (SSSR count). The Morgan fingerprint density at radius 3 is 2.57 bits per heavy atom. The van der Waals surface area contributed by atoms with Crippen molar-refractivity contribution in [1.29, 1.82) is 0 Å². The number of anilines is 1. The third-order valence-electron chi connectivity index (χ3n) is 3.32. The topological polar surface area (TPSA) is 57.6 Å². The summed E-state index contributed by atoms with van der Waals surface area (Å²) in [5.41, 5.74) is -1.63. The number of hydrogen-bond acceptors (Lipinski definition) is 2. The number of halogens is 4. The van der Waals surface area contributed by atoms with E-state index in [9.17, 15) is 27.2 Å². The highest BCUT2D eigenvalue weighted by atomic mass is 19.4. The van der Waals surface area contributed by atoms with Crippen molar-refractivity contribution in [2.24, 2.45) is 5.92 Å². The predicted molar refractivity (Wildman–Crippen MR) is 64.1 cm³/mol. The molecule has 4 nitrogen and oxygen atoms in total. The quantitative estimate of drug-likeness (QED) is 0.855. The average Bonchev–Trinajstić information content (AvgIpc) is 2.38. The van der Waals surface area contributed by atoms with Gasteiger partial charge in [-0.2, -0.15) is 13.2 Å². The van der Waals surface area contributed by atoms with Crippen molar-refractivity contribution in [3.8, 4) is 0 Å². The van der Waals surface area contributed by atoms with Gasteiger partial charge in [-0.1, -0.05) is 0 Å². The van der Waals surface area contributed by atoms with Gasteiger partial charge in [-0.3, -0.25) is 9.59 Å². The molecule has 21 heavy (non-hydrogen) atoms. The number of carbonyl (C=O) groups is 2. The fourth-order valence-corrected chi connectivity index (χ4v) is 2.18. The van der Waals surface area contributed by atoms with E-state index in [1.54, 1.807) is 0 Å². The molecule has 0 radical (unpaired) electrons. The summed E-state index contributed by atoms with van der Waals surface area (Å²) in [6.07, 6.45) is -4.73. The van der Waals surface area contributed by atoms with Crippen LogP contribution in [0.2, 0.25) is 0 Å². The van der Waals surface area contributed by atoms with E-state index in [2.05, 4.69) is 0 Å². The highest BCUT2D eigenvalue weighted by Crippen LogP contribution is 2.34. The number of carboxylic acid groups (broad SMARTS) is 1. The summed E-state index contributed by atoms with van der Waals surface area (Å²) < 4.78 is 51.7. The Morgan fingerprint density at radius 2 is 2.00 bits per heavy atom. The molecule has 1 saturated heterocycles. The standard InChI is InChI=1S/C13H11F4NO3/c14-9-3-2-8(13(15,16)17)5-10(9)18-6-7(12(20)21)1-4-11(18)19/h2-3,5,7H,1,4,6H2,(H,20,21). The van der Waals surface area contributed by atoms with Crippen molar-refractivity contribution < 1.29 is 32.3 Å². The van der Waals surface area contributed by atoms with Gasteiger partial charge in [0, 0.05) is 13.0 Å². The van der Waals surface area contributed by atoms with E-state index in [1.807, 2.05) is 0 Å². The number of amides is 1. The smallest absolute Gasteiger partial charge is 0.416 e. The summed E-state index contributed by atoms with van der Waals surface area (Å²) in [6, 6.07) is 1.72. The number of piperidine rings is 1. The molecule has 1 aliphatic heterocycles. The van der Waals surface area contributed by atoms with Crippen molar-refractivity contribution in [2.45, 2.75) is 19.0 Å². The summed E-state index contributed by atoms with van der Waals surface area (Å²) in [5.74, 6) is -3.68. The first kappa shape index (κ1) is 15.3. The van der Waals surface area contributed by atoms with Crippen LogP contribution in [0.15, 0.2) is 18.2 Å². The molecule has 8 heteroatoms. The molecule has 114 valence electrons. The largest absolute Gasteiger partial charge is 0.481 e. The number of alkyl halides is 3. The molecule has 0 spiro atoms. The van der Waals surface area contributed by atoms with Gasteiger partial charge in [0.1, 0.15) is 5.82 Å². The van der Waals surface area contributed by atoms with E-state index in [0.717, 1.165) is 4.90 Å². The van der Waals surface area contributed by atoms with Crippen LogP contribution in [-0.2, 0) is 15.8 Å². The number of nitrogens with zero attached hydrogens (tertiary/aromatic N) is 1. The average molecular weight is 305 g/mol. The van der Waals surface area contributed by atoms with Gasteiger partial charge in [0.05, 0.1) is 17.2 Å². The lowest BCUT2D eigenvalue weighted by molar-refractivity contribution is -0.142. The number of aliphatic carboxylic acids is 1. The van der Waals surface area contributed by atoms with Crippen LogP contribution in [0.3, 0.4) is 0 Å². The van der Waals surface area contributed by atoms with Gasteiger partial charge in [-0.25, -0.2) is 4.39 Å². The molecule has 1 heterocycles. The SMILES string of the molecule is O=C(O)C1CCC(=O)N(c2cc(C(F)(F)F)ccc2F)C1. The Balaban J connectivity index is 2.39. The second-order valence-corrected chi connectivity index (χ2v) is 4.74. The zero-order valence-corrected chi connectivity index (χ0v) is 10.7. The van der Waals surface area contributed by atoms with Gasteiger partial charge >= 0.3 is 12.1 Å². The fraction of sp³-hybridized carbons (Fsp3) is 0.385. The van der Waals surface area contributed by atoms with E-state index in [-0.39, 0.29) is 19.4 Å². The molecule has 1 fully saturated rings. The Labute approximate surface area is 117 Å². The summed E-state index contributed by atoms with van der Waals surface area (Å²) in [4.78, 5) is 23.5. The maximum atomic E-state index is 13.7. The van der Waals surface area contributed by atoms with E-state index >= 15 is 0 Å². The summed E-state index contributed by atoms with van der Waals surface area (Å²) in [7, 11) is 0. The lowest BCUT2D eigenvalue weighted by Crippen LogP contribution is -2.43. The monoisotopic (exact) mass is 305 g/mol. The van der Waals surface area contributed by atoms with Crippen LogP contribution in [-0.4, -0.2) is 23.5 Å². The van der Waals surface area contributed by atoms with Crippen LogP contribution in [0.5, 0.6) is 0 Å². The third-order valence-corrected chi connectivity index (χ3v) is 3.32. The van der Waals surface area contributed by atoms with E-state index < -0.39 is 41.0 Å². The number of carboxylic acids is 1. The molecular weight excluding hydrogens is 294 g/mol. The summed E-state index contributed by atoms with van der Waals surface area (Å²) >= 11 is 0. The van der Waals surface area contributed by atoms with Crippen LogP contribution >= 0.6 is 0 Å². The molecule has 0 saturated carbocycles. The Kier molecular flexibility index (Phi) is 3.89. The van der Waals surface area contributed by atoms with E-state index in [1.165, 1.54) is 0 Å². The molecule has 1 amide bonds. The van der Waals surface area contributed by atoms with Crippen molar-refractivity contribution in [3.05, 3.63) is 29.6 Å². The van der Waals surface area contributed by atoms with Gasteiger partial charge in [0.25, 0.3) is 0 Å². The zero-order valence-electron chi connectivity index (χ0n) is 10.7. The van der Waals surface area contributed by atoms with Gasteiger partial charge in [0.2, 0.25) is 5.91 Å². The summed E-state index contributed by atoms with van der Waals surface area (Å²) in [5, 5.41) is 8.93. The van der Waals surface area contributed by atoms with Crippen LogP contribution in [0.25, 0.3) is 0 Å². The van der Waals surface area contributed by atoms with E-state index in [0.29, 0.717) is 18.2 Å². The molecule has 1 aromatic rings. The maximum absolute atomic E-state index is 13.7. The van der Waals surface area contributed by atoms with Gasteiger partial charge < -0.3 is 10.0 Å². The third kappa shape index (κ3) is 3.14. The Morgan fingerprint density at radius 1 is 1.33 bits per heavy atom. The van der Waals surface area contributed by atoms with Crippen molar-refractivity contribution in [2.75, 3.05) is 11.4 Å². The lowest BCUT2D eigenvalue weighted by atomic mass is 9.97. The highest BCUT2D eigenvalue weighted by molar-refractivity contribution is 5.95. The highest BCUT2D eigenvalue weighted by Gasteiger charge is 2.35. The van der Waals surface area contributed by atoms with Gasteiger partial charge in [-0.05, 0) is 24.6 Å². The normalized spacial score (nSPS) is 19.7. The van der Waals surface area contributed by atoms with Gasteiger partial charge in [-0.15, -0.1) is 0 Å². The number of carbonyl (C=O) groups excluding carboxylic acids is 1. The van der Waals surface area contributed by atoms with Crippen molar-refractivity contribution >= 4 is 17.6 Å². The first-order valence-corrected chi connectivity index (χ1v) is 6.10. The number of hydrogen-bond donors (Lipinski definition) is 1. The van der Waals surface area contributed by atoms with Gasteiger partial charge in [0.15, 0.2) is 0 Å². The molecule has 1 aromatic carbocycles. The van der Waals surface area contributed by atoms with Crippen molar-refractivity contribution in [3.63, 3.8) is 0 Å². The molecule has 1 unspecified atom stereocenters. The zero-order chi connectivity index (χ0) is 15.8. The maximum Gasteiger partial charge on any atom is 0.416 e. The molecule has 1 aliphatic rings. The molecular formula is C13H11F4NO3. The lowest BCUT2D eigenvalue weighted by Gasteiger charge is -2.31. The van der Waals surface area contributed by atoms with Crippen LogP contribution in [0.4, 0.5) is 23.2 Å². The van der Waals surface area contributed by atoms with E-state index in [4.69, 9.17) is 5.11 Å². The number of benzene rings is 1. The number of rotatable bonds is 2. The predicted octanol–water partition coefficient (Wildman–Crippen LogP) is 2.67. The first-order valence-electron chi connectivity index (χ1n) is 6.10. The minimum atomic E-state index is -4.67. The van der Waals surface area contributed by atoms with Crippen LogP contribution in [0.1, 0.15) is 18.4 Å². The second kappa shape index (κ2) is 5.34. The molecule has 1 atom stereocenters. The summed E-state index contributed by atoms with van der Waals surface area (Å²) in [6.45, 7) is -0.341. The second-order valence-electron chi connectivity index (χ2n) is 4.74. The first-order chi connectivity index (χ1) is 9.70. The molecule has 0 bridgehead atoms. The minimum absolute atomic E-state index is 0.0885. The van der Waals surface area contributed by atoms with Crippen molar-refractivity contribution in [1.82, 2.24) is 0 Å².